The van der Waals surface area contributed by atoms with Crippen LogP contribution in [0, 0.1) is 0 Å². The summed E-state index contributed by atoms with van der Waals surface area (Å²) in [5.41, 5.74) is 8.43. The van der Waals surface area contributed by atoms with E-state index in [1.165, 1.54) is 11.1 Å². The first kappa shape index (κ1) is 11.0. The van der Waals surface area contributed by atoms with Gasteiger partial charge in [-0.25, -0.2) is 0 Å². The highest BCUT2D eigenvalue weighted by Gasteiger charge is 2.19. The Kier molecular flexibility index (Phi) is 2.77. The van der Waals surface area contributed by atoms with E-state index in [0.29, 0.717) is 0 Å². The summed E-state index contributed by atoms with van der Waals surface area (Å²) >= 11 is 3.54. The van der Waals surface area contributed by atoms with Crippen LogP contribution in [0.5, 0.6) is 5.75 Å². The molecule has 0 fully saturated rings. The van der Waals surface area contributed by atoms with E-state index < -0.39 is 0 Å². The van der Waals surface area contributed by atoms with Crippen LogP contribution in [0.1, 0.15) is 25.0 Å². The van der Waals surface area contributed by atoms with Gasteiger partial charge in [-0.2, -0.15) is 0 Å². The Balaban J connectivity index is 2.32. The zero-order valence-corrected chi connectivity index (χ0v) is 10.7. The third-order valence-electron chi connectivity index (χ3n) is 2.46. The van der Waals surface area contributed by atoms with Crippen LogP contribution in [0.2, 0.25) is 0 Å². The van der Waals surface area contributed by atoms with Crippen LogP contribution in [0.3, 0.4) is 0 Å². The fourth-order valence-electron chi connectivity index (χ4n) is 1.95. The van der Waals surface area contributed by atoms with Crippen molar-refractivity contribution in [3.05, 3.63) is 27.7 Å². The monoisotopic (exact) mass is 269 g/mol. The molecular weight excluding hydrogens is 254 g/mol. The van der Waals surface area contributed by atoms with Gasteiger partial charge in [-0.3, -0.25) is 0 Å². The first-order valence-electron chi connectivity index (χ1n) is 5.19. The van der Waals surface area contributed by atoms with Gasteiger partial charge in [0.2, 0.25) is 0 Å². The number of nitrogens with two attached hydrogens (primary N) is 1. The predicted molar refractivity (Wildman–Crippen MR) is 65.3 cm³/mol. The lowest BCUT2D eigenvalue weighted by Gasteiger charge is -2.19. The molecule has 2 N–H and O–H groups in total. The van der Waals surface area contributed by atoms with E-state index in [0.717, 1.165) is 29.7 Å². The molecule has 1 aliphatic heterocycles. The predicted octanol–water partition coefficient (Wildman–Crippen LogP) is 2.66. The second kappa shape index (κ2) is 3.80. The molecule has 0 atom stereocenters. The Morgan fingerprint density at radius 2 is 2.20 bits per heavy atom. The molecule has 0 bridgehead atoms. The largest absolute Gasteiger partial charge is 0.492 e. The summed E-state index contributed by atoms with van der Waals surface area (Å²) in [6.07, 6.45) is 1.89. The fraction of sp³-hybridized carbons (Fsp3) is 0.500. The maximum atomic E-state index is 6.02. The molecule has 1 aromatic rings. The van der Waals surface area contributed by atoms with Crippen molar-refractivity contribution in [1.29, 1.82) is 0 Å². The molecule has 0 aliphatic carbocycles. The summed E-state index contributed by atoms with van der Waals surface area (Å²) in [6.45, 7) is 4.89. The molecule has 1 aliphatic rings. The van der Waals surface area contributed by atoms with Gasteiger partial charge < -0.3 is 10.5 Å². The SMILES string of the molecule is CC(C)(N)Cc1cc(Br)c2c(c1)CCO2. The summed E-state index contributed by atoms with van der Waals surface area (Å²) in [7, 11) is 0. The zero-order valence-electron chi connectivity index (χ0n) is 9.14. The van der Waals surface area contributed by atoms with Gasteiger partial charge in [-0.1, -0.05) is 6.07 Å². The van der Waals surface area contributed by atoms with Gasteiger partial charge in [-0.15, -0.1) is 0 Å². The standard InChI is InChI=1S/C12H16BrNO/c1-12(2,14)7-8-5-9-3-4-15-11(9)10(13)6-8/h5-6H,3-4,7,14H2,1-2H3. The van der Waals surface area contributed by atoms with Crippen LogP contribution in [-0.4, -0.2) is 12.1 Å². The molecular formula is C12H16BrNO. The van der Waals surface area contributed by atoms with Gasteiger partial charge in [0.1, 0.15) is 5.75 Å². The molecule has 0 saturated carbocycles. The molecule has 0 amide bonds. The third kappa shape index (κ3) is 2.52. The Morgan fingerprint density at radius 1 is 1.47 bits per heavy atom. The van der Waals surface area contributed by atoms with E-state index in [9.17, 15) is 0 Å². The van der Waals surface area contributed by atoms with Crippen molar-refractivity contribution >= 4 is 15.9 Å². The second-order valence-corrected chi connectivity index (χ2v) is 5.68. The van der Waals surface area contributed by atoms with Crippen molar-refractivity contribution in [3.63, 3.8) is 0 Å². The Labute approximate surface area is 98.9 Å². The lowest BCUT2D eigenvalue weighted by Crippen LogP contribution is -2.34. The summed E-state index contributed by atoms with van der Waals surface area (Å²) in [5.74, 6) is 1.01. The smallest absolute Gasteiger partial charge is 0.136 e. The molecule has 2 rings (SSSR count). The van der Waals surface area contributed by atoms with Gasteiger partial charge >= 0.3 is 0 Å². The van der Waals surface area contributed by atoms with Crippen molar-refractivity contribution in [2.45, 2.75) is 32.2 Å². The van der Waals surface area contributed by atoms with Crippen molar-refractivity contribution < 1.29 is 4.74 Å². The van der Waals surface area contributed by atoms with Gasteiger partial charge in [0.25, 0.3) is 0 Å². The highest BCUT2D eigenvalue weighted by atomic mass is 79.9. The second-order valence-electron chi connectivity index (χ2n) is 4.83. The van der Waals surface area contributed by atoms with Crippen LogP contribution in [0.25, 0.3) is 0 Å². The highest BCUT2D eigenvalue weighted by Crippen LogP contribution is 2.35. The maximum Gasteiger partial charge on any atom is 0.136 e. The fourth-order valence-corrected chi connectivity index (χ4v) is 2.61. The Hall–Kier alpha value is -0.540. The molecule has 0 saturated heterocycles. The Morgan fingerprint density at radius 3 is 2.87 bits per heavy atom. The minimum Gasteiger partial charge on any atom is -0.492 e. The van der Waals surface area contributed by atoms with Crippen LogP contribution < -0.4 is 10.5 Å². The first-order valence-corrected chi connectivity index (χ1v) is 5.98. The number of halogens is 1. The lowest BCUT2D eigenvalue weighted by atomic mass is 9.95. The summed E-state index contributed by atoms with van der Waals surface area (Å²) in [5, 5.41) is 0. The van der Waals surface area contributed by atoms with Gasteiger partial charge in [0.05, 0.1) is 11.1 Å². The average Bonchev–Trinajstić information content (AvgIpc) is 2.48. The molecule has 0 aromatic heterocycles. The van der Waals surface area contributed by atoms with E-state index in [1.807, 2.05) is 13.8 Å². The topological polar surface area (TPSA) is 35.2 Å². The van der Waals surface area contributed by atoms with Crippen molar-refractivity contribution in [1.82, 2.24) is 0 Å². The van der Waals surface area contributed by atoms with Crippen LogP contribution in [-0.2, 0) is 12.8 Å². The van der Waals surface area contributed by atoms with E-state index in [4.69, 9.17) is 10.5 Å². The van der Waals surface area contributed by atoms with Crippen molar-refractivity contribution in [3.8, 4) is 5.75 Å². The number of hydrogen-bond donors (Lipinski definition) is 1. The molecule has 0 spiro atoms. The van der Waals surface area contributed by atoms with E-state index in [1.54, 1.807) is 0 Å². The number of benzene rings is 1. The van der Waals surface area contributed by atoms with E-state index in [2.05, 4.69) is 28.1 Å². The zero-order chi connectivity index (χ0) is 11.1. The Bertz CT molecular complexity index is 382. The number of fused-ring (bicyclic) bond motifs is 1. The number of rotatable bonds is 2. The molecule has 0 radical (unpaired) electrons. The van der Waals surface area contributed by atoms with Gasteiger partial charge in [0.15, 0.2) is 0 Å². The molecule has 0 unspecified atom stereocenters. The summed E-state index contributed by atoms with van der Waals surface area (Å²) in [6, 6.07) is 4.32. The molecule has 1 aromatic carbocycles. The summed E-state index contributed by atoms with van der Waals surface area (Å²) in [4.78, 5) is 0. The van der Waals surface area contributed by atoms with E-state index in [-0.39, 0.29) is 5.54 Å². The van der Waals surface area contributed by atoms with E-state index >= 15 is 0 Å². The normalized spacial score (nSPS) is 14.9. The quantitative estimate of drug-likeness (QED) is 0.896. The van der Waals surface area contributed by atoms with Crippen LogP contribution >= 0.6 is 15.9 Å². The van der Waals surface area contributed by atoms with Gasteiger partial charge in [0, 0.05) is 12.0 Å². The minimum atomic E-state index is -0.160. The molecule has 82 valence electrons. The molecule has 15 heavy (non-hydrogen) atoms. The minimum absolute atomic E-state index is 0.160. The van der Waals surface area contributed by atoms with Crippen LogP contribution in [0.15, 0.2) is 16.6 Å². The lowest BCUT2D eigenvalue weighted by molar-refractivity contribution is 0.355. The third-order valence-corrected chi connectivity index (χ3v) is 3.05. The highest BCUT2D eigenvalue weighted by molar-refractivity contribution is 9.10. The molecule has 1 heterocycles. The van der Waals surface area contributed by atoms with Crippen molar-refractivity contribution in [2.75, 3.05) is 6.61 Å². The van der Waals surface area contributed by atoms with Gasteiger partial charge in [-0.05, 0) is 53.4 Å². The summed E-state index contributed by atoms with van der Waals surface area (Å²) < 4.78 is 6.59. The maximum absolute atomic E-state index is 6.02. The number of hydrogen-bond acceptors (Lipinski definition) is 2. The first-order chi connectivity index (χ1) is 6.96. The molecule has 2 nitrogen and oxygen atoms in total. The average molecular weight is 270 g/mol. The molecule has 3 heteroatoms. The number of ether oxygens (including phenoxy) is 1. The van der Waals surface area contributed by atoms with Crippen LogP contribution in [0.4, 0.5) is 0 Å². The van der Waals surface area contributed by atoms with Crippen molar-refractivity contribution in [2.24, 2.45) is 5.73 Å².